The number of nitrogens with zero attached hydrogens (tertiary/aromatic N) is 3. The number of fused-ring (bicyclic) bond motifs is 1. The van der Waals surface area contributed by atoms with Crippen molar-refractivity contribution in [3.8, 4) is 6.07 Å². The largest absolute Gasteiger partial charge is 0.444 e. The van der Waals surface area contributed by atoms with Gasteiger partial charge in [0.25, 0.3) is 5.92 Å². The number of halogens is 2. The van der Waals surface area contributed by atoms with Gasteiger partial charge in [-0.05, 0) is 47.5 Å². The third kappa shape index (κ3) is 3.97. The summed E-state index contributed by atoms with van der Waals surface area (Å²) in [6, 6.07) is 0.685. The van der Waals surface area contributed by atoms with Gasteiger partial charge in [0.05, 0.1) is 30.1 Å². The number of amides is 1. The number of ether oxygens (including phenoxy) is 1. The van der Waals surface area contributed by atoms with Crippen LogP contribution in [0, 0.1) is 16.7 Å². The zero-order chi connectivity index (χ0) is 18.3. The van der Waals surface area contributed by atoms with Crippen LogP contribution in [0.3, 0.4) is 0 Å². The van der Waals surface area contributed by atoms with Crippen LogP contribution in [0.1, 0.15) is 47.5 Å². The Labute approximate surface area is 142 Å². The van der Waals surface area contributed by atoms with E-state index in [4.69, 9.17) is 10.00 Å². The molecule has 2 atom stereocenters. The molecule has 2 rings (SSSR count). The highest BCUT2D eigenvalue weighted by Gasteiger charge is 2.61. The van der Waals surface area contributed by atoms with Crippen molar-refractivity contribution in [2.75, 3.05) is 19.6 Å². The van der Waals surface area contributed by atoms with Gasteiger partial charge < -0.3 is 4.74 Å². The van der Waals surface area contributed by atoms with Crippen LogP contribution in [-0.4, -0.2) is 59.1 Å². The summed E-state index contributed by atoms with van der Waals surface area (Å²) >= 11 is 0. The third-order valence-corrected chi connectivity index (χ3v) is 4.64. The van der Waals surface area contributed by atoms with Crippen molar-refractivity contribution in [3.63, 3.8) is 0 Å². The molecular weight excluding hydrogens is 316 g/mol. The summed E-state index contributed by atoms with van der Waals surface area (Å²) < 4.78 is 34.4. The fourth-order valence-corrected chi connectivity index (χ4v) is 3.40. The molecule has 0 saturated carbocycles. The molecule has 0 bridgehead atoms. The standard InChI is InChI=1S/C17H27F2N3O2/c1-15(2,3)24-14(23)22-11-17(18,19)13-12(22)6-8-21(13)9-7-16(4,5)10-20/h12-13H,6-9,11H2,1-5H3/t12-,13+/m0/s1. The Morgan fingerprint density at radius 2 is 1.96 bits per heavy atom. The summed E-state index contributed by atoms with van der Waals surface area (Å²) in [6.45, 7) is 9.12. The van der Waals surface area contributed by atoms with Gasteiger partial charge in [-0.2, -0.15) is 5.26 Å². The minimum atomic E-state index is -2.96. The summed E-state index contributed by atoms with van der Waals surface area (Å²) in [4.78, 5) is 15.2. The number of hydrogen-bond donors (Lipinski definition) is 0. The van der Waals surface area contributed by atoms with Crippen molar-refractivity contribution in [1.82, 2.24) is 9.80 Å². The van der Waals surface area contributed by atoms with Gasteiger partial charge in [-0.15, -0.1) is 0 Å². The minimum Gasteiger partial charge on any atom is -0.444 e. The molecule has 0 spiro atoms. The Kier molecular flexibility index (Phi) is 4.84. The molecule has 0 unspecified atom stereocenters. The van der Waals surface area contributed by atoms with Crippen LogP contribution in [0.4, 0.5) is 13.6 Å². The summed E-state index contributed by atoms with van der Waals surface area (Å²) in [5, 5.41) is 9.09. The van der Waals surface area contributed by atoms with E-state index >= 15 is 0 Å². The van der Waals surface area contributed by atoms with Gasteiger partial charge in [-0.25, -0.2) is 13.6 Å². The van der Waals surface area contributed by atoms with E-state index in [2.05, 4.69) is 6.07 Å². The molecule has 0 aromatic rings. The molecule has 0 N–H and O–H groups in total. The summed E-state index contributed by atoms with van der Waals surface area (Å²) in [5.41, 5.74) is -1.25. The van der Waals surface area contributed by atoms with E-state index in [0.29, 0.717) is 25.9 Å². The molecule has 136 valence electrons. The minimum absolute atomic E-state index is 0.430. The van der Waals surface area contributed by atoms with E-state index in [1.165, 1.54) is 4.90 Å². The number of likely N-dealkylation sites (tertiary alicyclic amines) is 2. The maximum absolute atomic E-state index is 14.5. The molecule has 2 aliphatic heterocycles. The van der Waals surface area contributed by atoms with E-state index in [1.54, 1.807) is 39.5 Å². The number of carbonyl (C=O) groups is 1. The lowest BCUT2D eigenvalue weighted by Gasteiger charge is -2.29. The predicted octanol–water partition coefficient (Wildman–Crippen LogP) is 3.26. The van der Waals surface area contributed by atoms with Gasteiger partial charge in [0.15, 0.2) is 0 Å². The summed E-state index contributed by atoms with van der Waals surface area (Å²) in [5.74, 6) is -2.96. The number of carbonyl (C=O) groups excluding carboxylic acids is 1. The first-order valence-corrected chi connectivity index (χ1v) is 8.39. The molecule has 2 aliphatic rings. The van der Waals surface area contributed by atoms with E-state index in [0.717, 1.165) is 0 Å². The predicted molar refractivity (Wildman–Crippen MR) is 85.7 cm³/mol. The molecule has 2 saturated heterocycles. The lowest BCUT2D eigenvalue weighted by Crippen LogP contribution is -2.46. The van der Waals surface area contributed by atoms with Crippen molar-refractivity contribution in [2.24, 2.45) is 5.41 Å². The highest BCUT2D eigenvalue weighted by molar-refractivity contribution is 5.69. The van der Waals surface area contributed by atoms with E-state index in [-0.39, 0.29) is 0 Å². The molecule has 2 heterocycles. The van der Waals surface area contributed by atoms with Crippen LogP contribution in [0.5, 0.6) is 0 Å². The van der Waals surface area contributed by atoms with Crippen molar-refractivity contribution in [1.29, 1.82) is 5.26 Å². The zero-order valence-corrected chi connectivity index (χ0v) is 15.1. The third-order valence-electron chi connectivity index (χ3n) is 4.64. The van der Waals surface area contributed by atoms with E-state index in [1.807, 2.05) is 0 Å². The fourth-order valence-electron chi connectivity index (χ4n) is 3.40. The Hall–Kier alpha value is -1.42. The number of nitriles is 1. The molecule has 2 fully saturated rings. The Morgan fingerprint density at radius 3 is 2.50 bits per heavy atom. The van der Waals surface area contributed by atoms with Crippen molar-refractivity contribution in [2.45, 2.75) is 71.1 Å². The molecule has 0 aliphatic carbocycles. The van der Waals surface area contributed by atoms with Crippen LogP contribution in [0.25, 0.3) is 0 Å². The SMILES string of the molecule is CC(C)(C#N)CCN1CC[C@H]2[C@@H]1C(F)(F)CN2C(=O)OC(C)(C)C. The lowest BCUT2D eigenvalue weighted by atomic mass is 9.91. The molecule has 0 radical (unpaired) electrons. The van der Waals surface area contributed by atoms with Crippen LogP contribution in [0.2, 0.25) is 0 Å². The van der Waals surface area contributed by atoms with Crippen molar-refractivity contribution >= 4 is 6.09 Å². The first-order chi connectivity index (χ1) is 10.9. The number of hydrogen-bond acceptors (Lipinski definition) is 4. The monoisotopic (exact) mass is 343 g/mol. The first-order valence-electron chi connectivity index (χ1n) is 8.39. The van der Waals surface area contributed by atoms with Gasteiger partial charge in [0.2, 0.25) is 0 Å². The van der Waals surface area contributed by atoms with Crippen molar-refractivity contribution in [3.05, 3.63) is 0 Å². The van der Waals surface area contributed by atoms with Crippen LogP contribution >= 0.6 is 0 Å². The Balaban J connectivity index is 2.09. The van der Waals surface area contributed by atoms with Gasteiger partial charge >= 0.3 is 6.09 Å². The fraction of sp³-hybridized carbons (Fsp3) is 0.882. The van der Waals surface area contributed by atoms with Gasteiger partial charge in [-0.1, -0.05) is 0 Å². The summed E-state index contributed by atoms with van der Waals surface area (Å²) in [7, 11) is 0. The molecule has 0 aromatic carbocycles. The second-order valence-electron chi connectivity index (χ2n) is 8.45. The van der Waals surface area contributed by atoms with Crippen LogP contribution in [-0.2, 0) is 4.74 Å². The molecule has 24 heavy (non-hydrogen) atoms. The van der Waals surface area contributed by atoms with Gasteiger partial charge in [0.1, 0.15) is 5.60 Å². The maximum atomic E-state index is 14.5. The average molecular weight is 343 g/mol. The second-order valence-corrected chi connectivity index (χ2v) is 8.45. The number of rotatable bonds is 3. The molecule has 1 amide bonds. The van der Waals surface area contributed by atoms with E-state index < -0.39 is 41.7 Å². The molecule has 0 aromatic heterocycles. The van der Waals surface area contributed by atoms with Crippen LogP contribution in [0.15, 0.2) is 0 Å². The Morgan fingerprint density at radius 1 is 1.33 bits per heavy atom. The smallest absolute Gasteiger partial charge is 0.410 e. The highest BCUT2D eigenvalue weighted by atomic mass is 19.3. The van der Waals surface area contributed by atoms with Crippen molar-refractivity contribution < 1.29 is 18.3 Å². The first kappa shape index (κ1) is 18.9. The molecule has 5 nitrogen and oxygen atoms in total. The van der Waals surface area contributed by atoms with Gasteiger partial charge in [-0.3, -0.25) is 9.80 Å². The second kappa shape index (κ2) is 6.14. The quantitative estimate of drug-likeness (QED) is 0.789. The maximum Gasteiger partial charge on any atom is 0.410 e. The molecular formula is C17H27F2N3O2. The number of alkyl halides is 2. The molecule has 7 heteroatoms. The lowest BCUT2D eigenvalue weighted by molar-refractivity contribution is -0.0471. The van der Waals surface area contributed by atoms with Gasteiger partial charge in [0, 0.05) is 13.1 Å². The Bertz CT molecular complexity index is 537. The highest BCUT2D eigenvalue weighted by Crippen LogP contribution is 2.42. The summed E-state index contributed by atoms with van der Waals surface area (Å²) in [6.07, 6.45) is 0.357. The van der Waals surface area contributed by atoms with Crippen LogP contribution < -0.4 is 0 Å². The average Bonchev–Trinajstić information content (AvgIpc) is 2.95. The zero-order valence-electron chi connectivity index (χ0n) is 15.1. The topological polar surface area (TPSA) is 56.6 Å². The normalized spacial score (nSPS) is 27.0. The van der Waals surface area contributed by atoms with E-state index in [9.17, 15) is 13.6 Å².